The summed E-state index contributed by atoms with van der Waals surface area (Å²) in [5.41, 5.74) is -0.777. The Hall–Kier alpha value is -3.21. The molecule has 0 spiro atoms. The number of benzene rings is 2. The molecule has 2 aromatic carbocycles. The predicted molar refractivity (Wildman–Crippen MR) is 102 cm³/mol. The Morgan fingerprint density at radius 2 is 1.93 bits per heavy atom. The van der Waals surface area contributed by atoms with E-state index in [-0.39, 0.29) is 5.82 Å². The van der Waals surface area contributed by atoms with E-state index in [0.29, 0.717) is 10.1 Å². The van der Waals surface area contributed by atoms with Gasteiger partial charge >= 0.3 is 11.6 Å². The summed E-state index contributed by atoms with van der Waals surface area (Å²) in [6.45, 7) is -0.838. The minimum Gasteiger partial charge on any atom is -0.394 e. The summed E-state index contributed by atoms with van der Waals surface area (Å²) in [5.74, 6) is -4.46. The van der Waals surface area contributed by atoms with Crippen molar-refractivity contribution in [1.82, 2.24) is 9.55 Å². The highest BCUT2D eigenvalue weighted by Gasteiger charge is 2.59. The maximum Gasteiger partial charge on any atom is 0.351 e. The summed E-state index contributed by atoms with van der Waals surface area (Å²) in [4.78, 5) is 28.3. The lowest BCUT2D eigenvalue weighted by molar-refractivity contribution is -0.140. The van der Waals surface area contributed by atoms with Crippen LogP contribution in [0.3, 0.4) is 0 Å². The van der Waals surface area contributed by atoms with E-state index in [1.54, 1.807) is 18.2 Å². The largest absolute Gasteiger partial charge is 0.394 e. The standard InChI is InChI=1S/C20H17F2N3O5/c21-20(22)16(27)14(10-26)30-18(20)25-8-7-15(24-19(25)29)23-17(28)13-6-5-11-3-1-2-4-12(11)9-13/h1-9,14,16,18,26-27H,10H2,(H,23,24,28,29)/t14-,16+,18-/m1/s1. The molecule has 0 bridgehead atoms. The van der Waals surface area contributed by atoms with Crippen LogP contribution in [0.5, 0.6) is 0 Å². The summed E-state index contributed by atoms with van der Waals surface area (Å²) in [5, 5.41) is 22.9. The minimum atomic E-state index is -3.81. The number of hydrogen-bond donors (Lipinski definition) is 3. The number of nitrogens with one attached hydrogen (secondary N) is 1. The van der Waals surface area contributed by atoms with Crippen molar-refractivity contribution in [2.24, 2.45) is 0 Å². The zero-order valence-electron chi connectivity index (χ0n) is 15.4. The number of amides is 1. The van der Waals surface area contributed by atoms with Gasteiger partial charge in [-0.2, -0.15) is 13.8 Å². The molecule has 1 aliphatic rings. The van der Waals surface area contributed by atoms with Crippen molar-refractivity contribution in [3.63, 3.8) is 0 Å². The number of carbonyl (C=O) groups is 1. The van der Waals surface area contributed by atoms with E-state index < -0.39 is 42.6 Å². The molecule has 10 heteroatoms. The molecule has 3 aromatic rings. The van der Waals surface area contributed by atoms with Crippen molar-refractivity contribution in [1.29, 1.82) is 0 Å². The molecule has 2 heterocycles. The molecule has 8 nitrogen and oxygen atoms in total. The fraction of sp³-hybridized carbons (Fsp3) is 0.250. The van der Waals surface area contributed by atoms with Crippen LogP contribution in [0.2, 0.25) is 0 Å². The molecule has 0 radical (unpaired) electrons. The van der Waals surface area contributed by atoms with Gasteiger partial charge in [0.2, 0.25) is 6.23 Å². The molecule has 30 heavy (non-hydrogen) atoms. The number of anilines is 1. The summed E-state index contributed by atoms with van der Waals surface area (Å²) in [6, 6.07) is 13.7. The first kappa shape index (κ1) is 20.1. The second-order valence-electron chi connectivity index (χ2n) is 6.85. The molecular formula is C20H17F2N3O5. The Bertz CT molecular complexity index is 1170. The molecule has 3 atom stereocenters. The predicted octanol–water partition coefficient (Wildman–Crippen LogP) is 1.53. The van der Waals surface area contributed by atoms with Gasteiger partial charge in [-0.05, 0) is 29.0 Å². The van der Waals surface area contributed by atoms with Gasteiger partial charge in [0.05, 0.1) is 6.61 Å². The molecule has 0 unspecified atom stereocenters. The fourth-order valence-electron chi connectivity index (χ4n) is 3.30. The second-order valence-corrected chi connectivity index (χ2v) is 6.85. The second kappa shape index (κ2) is 7.56. The van der Waals surface area contributed by atoms with E-state index in [4.69, 9.17) is 9.84 Å². The third kappa shape index (κ3) is 3.45. The quantitative estimate of drug-likeness (QED) is 0.594. The van der Waals surface area contributed by atoms with Gasteiger partial charge in [0.25, 0.3) is 5.91 Å². The van der Waals surface area contributed by atoms with E-state index in [1.165, 1.54) is 6.07 Å². The van der Waals surface area contributed by atoms with Gasteiger partial charge in [0.15, 0.2) is 6.10 Å². The highest BCUT2D eigenvalue weighted by molar-refractivity contribution is 6.06. The number of rotatable bonds is 4. The SMILES string of the molecule is O=C(Nc1ccn([C@@H]2O[C@H](CO)[C@H](O)C2(F)F)c(=O)n1)c1ccc2ccccc2c1. The van der Waals surface area contributed by atoms with Crippen molar-refractivity contribution < 1.29 is 28.5 Å². The zero-order chi connectivity index (χ0) is 21.5. The smallest absolute Gasteiger partial charge is 0.351 e. The average Bonchev–Trinajstić information content (AvgIpc) is 2.96. The van der Waals surface area contributed by atoms with Crippen LogP contribution < -0.4 is 11.0 Å². The lowest BCUT2D eigenvalue weighted by atomic mass is 10.1. The molecule has 1 amide bonds. The number of alkyl halides is 2. The number of aliphatic hydroxyl groups excluding tert-OH is 2. The van der Waals surface area contributed by atoms with E-state index in [0.717, 1.165) is 17.0 Å². The summed E-state index contributed by atoms with van der Waals surface area (Å²) in [7, 11) is 0. The monoisotopic (exact) mass is 417 g/mol. The molecule has 4 rings (SSSR count). The first-order valence-corrected chi connectivity index (χ1v) is 9.03. The highest BCUT2D eigenvalue weighted by Crippen LogP contribution is 2.41. The van der Waals surface area contributed by atoms with E-state index in [1.807, 2.05) is 24.3 Å². The van der Waals surface area contributed by atoms with Gasteiger partial charge in [-0.1, -0.05) is 30.3 Å². The maximum absolute atomic E-state index is 14.2. The van der Waals surface area contributed by atoms with Crippen LogP contribution in [0.1, 0.15) is 16.6 Å². The first-order valence-electron chi connectivity index (χ1n) is 9.03. The van der Waals surface area contributed by atoms with Crippen LogP contribution in [0.4, 0.5) is 14.6 Å². The van der Waals surface area contributed by atoms with Crippen LogP contribution in [0, 0.1) is 0 Å². The normalized spacial score (nSPS) is 22.9. The maximum atomic E-state index is 14.2. The van der Waals surface area contributed by atoms with Gasteiger partial charge in [0.1, 0.15) is 11.9 Å². The molecular weight excluding hydrogens is 400 g/mol. The third-order valence-corrected chi connectivity index (χ3v) is 4.90. The van der Waals surface area contributed by atoms with E-state index in [9.17, 15) is 23.5 Å². The molecule has 0 saturated carbocycles. The topological polar surface area (TPSA) is 114 Å². The molecule has 1 saturated heterocycles. The zero-order valence-corrected chi connectivity index (χ0v) is 15.4. The number of aliphatic hydroxyl groups is 2. The van der Waals surface area contributed by atoms with Gasteiger partial charge in [0, 0.05) is 11.8 Å². The Balaban J connectivity index is 1.56. The van der Waals surface area contributed by atoms with Crippen molar-refractivity contribution in [3.8, 4) is 0 Å². The molecule has 156 valence electrons. The van der Waals surface area contributed by atoms with E-state index >= 15 is 0 Å². The number of ether oxygens (including phenoxy) is 1. The Labute approximate surface area is 168 Å². The number of fused-ring (bicyclic) bond motifs is 1. The van der Waals surface area contributed by atoms with Crippen LogP contribution in [0.15, 0.2) is 59.5 Å². The van der Waals surface area contributed by atoms with Crippen LogP contribution in [-0.4, -0.2) is 50.4 Å². The van der Waals surface area contributed by atoms with Crippen LogP contribution in [0.25, 0.3) is 10.8 Å². The van der Waals surface area contributed by atoms with Gasteiger partial charge in [-0.15, -0.1) is 0 Å². The lowest BCUT2D eigenvalue weighted by Crippen LogP contribution is -2.41. The average molecular weight is 417 g/mol. The van der Waals surface area contributed by atoms with Crippen molar-refractivity contribution in [2.75, 3.05) is 11.9 Å². The van der Waals surface area contributed by atoms with E-state index in [2.05, 4.69) is 10.3 Å². The third-order valence-electron chi connectivity index (χ3n) is 4.90. The molecule has 1 aromatic heterocycles. The molecule has 0 aliphatic carbocycles. The Kier molecular flexibility index (Phi) is 5.06. The first-order chi connectivity index (χ1) is 14.3. The van der Waals surface area contributed by atoms with Gasteiger partial charge < -0.3 is 20.3 Å². The number of hydrogen-bond acceptors (Lipinski definition) is 6. The van der Waals surface area contributed by atoms with Gasteiger partial charge in [-0.25, -0.2) is 4.79 Å². The lowest BCUT2D eigenvalue weighted by Gasteiger charge is -2.21. The number of carbonyl (C=O) groups excluding carboxylic acids is 1. The molecule has 1 fully saturated rings. The van der Waals surface area contributed by atoms with Crippen LogP contribution in [-0.2, 0) is 4.74 Å². The highest BCUT2D eigenvalue weighted by atomic mass is 19.3. The van der Waals surface area contributed by atoms with Gasteiger partial charge in [-0.3, -0.25) is 9.36 Å². The fourth-order valence-corrected chi connectivity index (χ4v) is 3.30. The Morgan fingerprint density at radius 1 is 1.20 bits per heavy atom. The number of aromatic nitrogens is 2. The summed E-state index contributed by atoms with van der Waals surface area (Å²) < 4.78 is 33.9. The molecule has 3 N–H and O–H groups in total. The minimum absolute atomic E-state index is 0.130. The summed E-state index contributed by atoms with van der Waals surface area (Å²) >= 11 is 0. The van der Waals surface area contributed by atoms with Crippen molar-refractivity contribution >= 4 is 22.5 Å². The van der Waals surface area contributed by atoms with Crippen molar-refractivity contribution in [3.05, 3.63) is 70.8 Å². The summed E-state index contributed by atoms with van der Waals surface area (Å²) in [6.07, 6.45) is -4.96. The number of nitrogens with zero attached hydrogens (tertiary/aromatic N) is 2. The molecule has 1 aliphatic heterocycles. The van der Waals surface area contributed by atoms with Crippen molar-refractivity contribution in [2.45, 2.75) is 24.4 Å². The van der Waals surface area contributed by atoms with Crippen LogP contribution >= 0.6 is 0 Å². The Morgan fingerprint density at radius 3 is 2.60 bits per heavy atom. The number of halogens is 2.